The van der Waals surface area contributed by atoms with Crippen LogP contribution in [0.3, 0.4) is 0 Å². The lowest BCUT2D eigenvalue weighted by Crippen LogP contribution is -2.02. The molecule has 0 saturated carbocycles. The fourth-order valence-electron chi connectivity index (χ4n) is 2.30. The van der Waals surface area contributed by atoms with Gasteiger partial charge in [0.05, 0.1) is 12.4 Å². The minimum Gasteiger partial charge on any atom is -0.491 e. The highest BCUT2D eigenvalue weighted by Crippen LogP contribution is 2.30. The van der Waals surface area contributed by atoms with E-state index in [4.69, 9.17) is 9.84 Å². The number of aromatic nitrogens is 2. The molecule has 2 aromatic carbocycles. The van der Waals surface area contributed by atoms with Gasteiger partial charge in [-0.2, -0.15) is 0 Å². The van der Waals surface area contributed by atoms with Crippen molar-refractivity contribution in [3.05, 3.63) is 58.6 Å². The summed E-state index contributed by atoms with van der Waals surface area (Å²) in [4.78, 5) is 1.17. The number of hydrogen-bond donors (Lipinski definition) is 1. The molecule has 3 rings (SSSR count). The van der Waals surface area contributed by atoms with Crippen LogP contribution in [-0.2, 0) is 5.75 Å². The minimum absolute atomic E-state index is 0.0241. The van der Waals surface area contributed by atoms with Crippen LogP contribution in [0.1, 0.15) is 16.1 Å². The van der Waals surface area contributed by atoms with Crippen LogP contribution in [0.15, 0.2) is 47.4 Å². The quantitative estimate of drug-likeness (QED) is 0.620. The molecule has 4 nitrogen and oxygen atoms in total. The summed E-state index contributed by atoms with van der Waals surface area (Å²) in [6, 6.07) is 14.4. The molecule has 0 atom stereocenters. The van der Waals surface area contributed by atoms with Crippen LogP contribution in [0, 0.1) is 13.8 Å². The first-order chi connectivity index (χ1) is 12.2. The molecular formula is C19H20N2O2S2. The molecular weight excluding hydrogens is 352 g/mol. The second kappa shape index (κ2) is 8.47. The Kier molecular flexibility index (Phi) is 6.07. The SMILES string of the molecule is Cc1ccc(-c2nnc(CSc3ccc(OCCO)c(C)c3)s2)cc1. The topological polar surface area (TPSA) is 55.2 Å². The summed E-state index contributed by atoms with van der Waals surface area (Å²) < 4.78 is 5.48. The molecule has 1 heterocycles. The summed E-state index contributed by atoms with van der Waals surface area (Å²) in [5.74, 6) is 1.61. The van der Waals surface area contributed by atoms with Gasteiger partial charge in [-0.25, -0.2) is 0 Å². The van der Waals surface area contributed by atoms with E-state index in [1.54, 1.807) is 23.1 Å². The number of rotatable bonds is 7. The van der Waals surface area contributed by atoms with Crippen molar-refractivity contribution in [3.8, 4) is 16.3 Å². The Hall–Kier alpha value is -1.89. The van der Waals surface area contributed by atoms with Gasteiger partial charge in [-0.3, -0.25) is 0 Å². The Morgan fingerprint density at radius 2 is 1.88 bits per heavy atom. The van der Waals surface area contributed by atoms with E-state index in [0.29, 0.717) is 6.61 Å². The maximum absolute atomic E-state index is 8.84. The second-order valence-electron chi connectivity index (χ2n) is 5.66. The number of nitrogens with zero attached hydrogens (tertiary/aromatic N) is 2. The molecule has 0 unspecified atom stereocenters. The average molecular weight is 373 g/mol. The van der Waals surface area contributed by atoms with E-state index in [2.05, 4.69) is 47.5 Å². The highest BCUT2D eigenvalue weighted by atomic mass is 32.2. The lowest BCUT2D eigenvalue weighted by Gasteiger charge is -2.09. The summed E-state index contributed by atoms with van der Waals surface area (Å²) in [5, 5.41) is 19.4. The van der Waals surface area contributed by atoms with Crippen LogP contribution >= 0.6 is 23.1 Å². The molecule has 0 radical (unpaired) electrons. The fraction of sp³-hybridized carbons (Fsp3) is 0.263. The van der Waals surface area contributed by atoms with Crippen molar-refractivity contribution in [2.45, 2.75) is 24.5 Å². The number of hydrogen-bond acceptors (Lipinski definition) is 6. The first kappa shape index (κ1) is 17.9. The summed E-state index contributed by atoms with van der Waals surface area (Å²) in [6.45, 7) is 4.43. The van der Waals surface area contributed by atoms with Gasteiger partial charge < -0.3 is 9.84 Å². The van der Waals surface area contributed by atoms with Crippen molar-refractivity contribution in [1.82, 2.24) is 10.2 Å². The molecule has 0 spiro atoms. The van der Waals surface area contributed by atoms with Crippen molar-refractivity contribution in [1.29, 1.82) is 0 Å². The van der Waals surface area contributed by atoms with Gasteiger partial charge in [0.2, 0.25) is 0 Å². The van der Waals surface area contributed by atoms with Crippen molar-refractivity contribution in [2.24, 2.45) is 0 Å². The summed E-state index contributed by atoms with van der Waals surface area (Å²) in [7, 11) is 0. The minimum atomic E-state index is 0.0241. The van der Waals surface area contributed by atoms with Gasteiger partial charge in [0, 0.05) is 10.5 Å². The van der Waals surface area contributed by atoms with Crippen LogP contribution in [0.5, 0.6) is 5.75 Å². The maximum atomic E-state index is 8.84. The Morgan fingerprint density at radius 1 is 1.08 bits per heavy atom. The third-order valence-electron chi connectivity index (χ3n) is 3.62. The third-order valence-corrected chi connectivity index (χ3v) is 5.78. The van der Waals surface area contributed by atoms with E-state index in [0.717, 1.165) is 32.6 Å². The van der Waals surface area contributed by atoms with Crippen molar-refractivity contribution >= 4 is 23.1 Å². The van der Waals surface area contributed by atoms with Crippen molar-refractivity contribution in [3.63, 3.8) is 0 Å². The number of aliphatic hydroxyl groups excluding tert-OH is 1. The van der Waals surface area contributed by atoms with Gasteiger partial charge in [-0.15, -0.1) is 22.0 Å². The summed E-state index contributed by atoms with van der Waals surface area (Å²) in [5.41, 5.74) is 3.42. The van der Waals surface area contributed by atoms with Gasteiger partial charge in [-0.1, -0.05) is 41.2 Å². The smallest absolute Gasteiger partial charge is 0.147 e. The number of aliphatic hydroxyl groups is 1. The molecule has 0 aliphatic carbocycles. The van der Waals surface area contributed by atoms with E-state index in [-0.39, 0.29) is 6.61 Å². The highest BCUT2D eigenvalue weighted by molar-refractivity contribution is 7.98. The average Bonchev–Trinajstić information content (AvgIpc) is 3.09. The van der Waals surface area contributed by atoms with Gasteiger partial charge in [0.1, 0.15) is 22.4 Å². The van der Waals surface area contributed by atoms with E-state index >= 15 is 0 Å². The predicted molar refractivity (Wildman–Crippen MR) is 103 cm³/mol. The van der Waals surface area contributed by atoms with Crippen LogP contribution in [0.25, 0.3) is 10.6 Å². The van der Waals surface area contributed by atoms with Gasteiger partial charge >= 0.3 is 0 Å². The molecule has 25 heavy (non-hydrogen) atoms. The van der Waals surface area contributed by atoms with Crippen LogP contribution in [0.4, 0.5) is 0 Å². The molecule has 0 amide bonds. The fourth-order valence-corrected chi connectivity index (χ4v) is 4.12. The molecule has 0 aliphatic rings. The van der Waals surface area contributed by atoms with Crippen molar-refractivity contribution < 1.29 is 9.84 Å². The normalized spacial score (nSPS) is 10.8. The van der Waals surface area contributed by atoms with Gasteiger partial charge in [-0.05, 0) is 37.6 Å². The first-order valence-electron chi connectivity index (χ1n) is 8.02. The van der Waals surface area contributed by atoms with Crippen LogP contribution in [-0.4, -0.2) is 28.5 Å². The number of ether oxygens (including phenoxy) is 1. The largest absolute Gasteiger partial charge is 0.491 e. The van der Waals surface area contributed by atoms with E-state index in [9.17, 15) is 0 Å². The van der Waals surface area contributed by atoms with Gasteiger partial charge in [0.25, 0.3) is 0 Å². The zero-order valence-electron chi connectivity index (χ0n) is 14.2. The van der Waals surface area contributed by atoms with E-state index in [1.807, 2.05) is 19.1 Å². The summed E-state index contributed by atoms with van der Waals surface area (Å²) in [6.07, 6.45) is 0. The van der Waals surface area contributed by atoms with Gasteiger partial charge in [0.15, 0.2) is 0 Å². The molecule has 1 aromatic heterocycles. The van der Waals surface area contributed by atoms with Crippen LogP contribution in [0.2, 0.25) is 0 Å². The Labute approximate surface area is 155 Å². The predicted octanol–water partition coefficient (Wildman–Crippen LogP) is 4.49. The Bertz CT molecular complexity index is 832. The summed E-state index contributed by atoms with van der Waals surface area (Å²) >= 11 is 3.37. The van der Waals surface area contributed by atoms with Crippen molar-refractivity contribution in [2.75, 3.05) is 13.2 Å². The zero-order chi connectivity index (χ0) is 17.6. The molecule has 0 bridgehead atoms. The second-order valence-corrected chi connectivity index (χ2v) is 7.77. The molecule has 1 N–H and O–H groups in total. The Balaban J connectivity index is 1.62. The maximum Gasteiger partial charge on any atom is 0.147 e. The zero-order valence-corrected chi connectivity index (χ0v) is 15.9. The monoisotopic (exact) mass is 372 g/mol. The molecule has 6 heteroatoms. The molecule has 0 fully saturated rings. The molecule has 0 aliphatic heterocycles. The number of aryl methyl sites for hydroxylation is 2. The van der Waals surface area contributed by atoms with E-state index < -0.39 is 0 Å². The first-order valence-corrected chi connectivity index (χ1v) is 9.82. The highest BCUT2D eigenvalue weighted by Gasteiger charge is 2.08. The third kappa shape index (κ3) is 4.81. The standard InChI is InChI=1S/C19H20N2O2S2/c1-13-3-5-15(6-4-13)19-21-20-18(25-19)12-24-16-7-8-17(14(2)11-16)23-10-9-22/h3-8,11,22H,9-10,12H2,1-2H3. The lowest BCUT2D eigenvalue weighted by molar-refractivity contribution is 0.200. The Morgan fingerprint density at radius 3 is 2.60 bits per heavy atom. The molecule has 130 valence electrons. The number of benzene rings is 2. The van der Waals surface area contributed by atoms with Crippen LogP contribution < -0.4 is 4.74 Å². The number of thioether (sulfide) groups is 1. The van der Waals surface area contributed by atoms with E-state index in [1.165, 1.54) is 10.5 Å². The molecule has 3 aromatic rings. The molecule has 0 saturated heterocycles. The lowest BCUT2D eigenvalue weighted by atomic mass is 10.2.